The summed E-state index contributed by atoms with van der Waals surface area (Å²) >= 11 is 0. The third-order valence-electron chi connectivity index (χ3n) is 1.68. The molecular weight excluding hydrogens is 186 g/mol. The molecule has 0 aliphatic carbocycles. The van der Waals surface area contributed by atoms with Crippen molar-refractivity contribution in [2.45, 2.75) is 0 Å². The maximum absolute atomic E-state index is 8.91. The molecular formula is C7H11N5O2. The van der Waals surface area contributed by atoms with Crippen LogP contribution in [0.2, 0.25) is 0 Å². The molecule has 0 amide bonds. The van der Waals surface area contributed by atoms with Gasteiger partial charge in [0.25, 0.3) is 0 Å². The first kappa shape index (κ1) is 10.1. The second-order valence-electron chi connectivity index (χ2n) is 2.60. The molecule has 0 bridgehead atoms. The molecule has 1 rings (SSSR count). The molecule has 0 fully saturated rings. The van der Waals surface area contributed by atoms with Crippen molar-refractivity contribution in [2.24, 2.45) is 16.7 Å². The lowest BCUT2D eigenvalue weighted by Crippen LogP contribution is -2.27. The van der Waals surface area contributed by atoms with Crippen molar-refractivity contribution >= 4 is 17.2 Å². The van der Waals surface area contributed by atoms with Crippen molar-refractivity contribution in [1.82, 2.24) is 0 Å². The normalized spacial score (nSPS) is 11.4. The molecule has 8 N–H and O–H groups in total. The Bertz CT molecular complexity index is 363. The smallest absolute Gasteiger partial charge is 0.170 e. The van der Waals surface area contributed by atoms with Crippen LogP contribution in [0.3, 0.4) is 0 Å². The van der Waals surface area contributed by atoms with E-state index in [0.717, 1.165) is 0 Å². The van der Waals surface area contributed by atoms with Crippen molar-refractivity contribution in [1.29, 1.82) is 0 Å². The molecule has 0 atom stereocenters. The maximum Gasteiger partial charge on any atom is 0.170 e. The van der Waals surface area contributed by atoms with Gasteiger partial charge in [0.1, 0.15) is 5.69 Å². The van der Waals surface area contributed by atoms with E-state index in [2.05, 4.69) is 5.16 Å². The number of amidine groups is 1. The number of hydrazine groups is 1. The molecule has 0 heterocycles. The van der Waals surface area contributed by atoms with E-state index in [-0.39, 0.29) is 17.2 Å². The van der Waals surface area contributed by atoms with Crippen LogP contribution in [0.15, 0.2) is 23.4 Å². The number of nitrogens with two attached hydrogens (primary N) is 3. The molecule has 0 aliphatic heterocycles. The van der Waals surface area contributed by atoms with Crippen LogP contribution in [0.25, 0.3) is 0 Å². The quantitative estimate of drug-likeness (QED) is 0.108. The third kappa shape index (κ3) is 1.84. The summed E-state index contributed by atoms with van der Waals surface area (Å²) in [7, 11) is 0. The molecule has 0 saturated heterocycles. The zero-order chi connectivity index (χ0) is 10.7. The Balaban J connectivity index is 3.13. The summed E-state index contributed by atoms with van der Waals surface area (Å²) in [6, 6.07) is 4.39. The average molecular weight is 197 g/mol. The highest BCUT2D eigenvalue weighted by molar-refractivity contribution is 5.98. The SMILES string of the molecule is N/C(=N\O)c1ccc(N(N)O)c(N)c1. The molecule has 0 saturated carbocycles. The van der Waals surface area contributed by atoms with Gasteiger partial charge in [0.2, 0.25) is 0 Å². The predicted octanol–water partition coefficient (Wildman–Crippen LogP) is -0.567. The molecule has 1 aromatic carbocycles. The number of nitrogens with zero attached hydrogens (tertiary/aromatic N) is 2. The van der Waals surface area contributed by atoms with E-state index in [1.54, 1.807) is 0 Å². The Kier molecular flexibility index (Phi) is 2.75. The van der Waals surface area contributed by atoms with E-state index in [9.17, 15) is 0 Å². The molecule has 0 radical (unpaired) electrons. The van der Waals surface area contributed by atoms with Crippen molar-refractivity contribution in [3.05, 3.63) is 23.8 Å². The topological polar surface area (TPSA) is 134 Å². The van der Waals surface area contributed by atoms with E-state index >= 15 is 0 Å². The van der Waals surface area contributed by atoms with Crippen molar-refractivity contribution in [2.75, 3.05) is 10.9 Å². The van der Waals surface area contributed by atoms with E-state index in [1.807, 2.05) is 0 Å². The van der Waals surface area contributed by atoms with Crippen molar-refractivity contribution in [3.8, 4) is 0 Å². The second kappa shape index (κ2) is 3.81. The lowest BCUT2D eigenvalue weighted by Gasteiger charge is -2.12. The van der Waals surface area contributed by atoms with E-state index in [1.165, 1.54) is 18.2 Å². The highest BCUT2D eigenvalue weighted by atomic mass is 16.5. The van der Waals surface area contributed by atoms with Gasteiger partial charge in [-0.2, -0.15) is 5.17 Å². The lowest BCUT2D eigenvalue weighted by atomic mass is 10.1. The summed E-state index contributed by atoms with van der Waals surface area (Å²) in [6.07, 6.45) is 0. The van der Waals surface area contributed by atoms with Gasteiger partial charge in [-0.25, -0.2) is 5.84 Å². The van der Waals surface area contributed by atoms with Crippen LogP contribution in [0.5, 0.6) is 0 Å². The highest BCUT2D eigenvalue weighted by Gasteiger charge is 2.06. The standard InChI is InChI=1S/C7H11N5O2/c8-5-3-4(7(9)11-13)1-2-6(5)12(10)14/h1-3,13-14H,8,10H2,(H2,9,11). The van der Waals surface area contributed by atoms with Gasteiger partial charge in [0, 0.05) is 5.56 Å². The molecule has 1 aromatic rings. The first-order valence-corrected chi connectivity index (χ1v) is 3.67. The summed E-state index contributed by atoms with van der Waals surface area (Å²) in [5.74, 6) is 5.01. The summed E-state index contributed by atoms with van der Waals surface area (Å²) in [6.45, 7) is 0. The molecule has 0 unspecified atom stereocenters. The largest absolute Gasteiger partial charge is 0.409 e. The van der Waals surface area contributed by atoms with Gasteiger partial charge in [0.15, 0.2) is 5.84 Å². The zero-order valence-corrected chi connectivity index (χ0v) is 7.25. The number of rotatable bonds is 2. The van der Waals surface area contributed by atoms with Crippen LogP contribution in [0.4, 0.5) is 11.4 Å². The van der Waals surface area contributed by atoms with Crippen LogP contribution in [-0.2, 0) is 0 Å². The molecule has 0 aromatic heterocycles. The van der Waals surface area contributed by atoms with Gasteiger partial charge in [-0.1, -0.05) is 5.16 Å². The number of hydrogen-bond donors (Lipinski definition) is 5. The minimum atomic E-state index is -0.0650. The fourth-order valence-electron chi connectivity index (χ4n) is 0.980. The van der Waals surface area contributed by atoms with Crippen molar-refractivity contribution in [3.63, 3.8) is 0 Å². The minimum absolute atomic E-state index is 0.0650. The molecule has 0 aliphatic rings. The summed E-state index contributed by atoms with van der Waals surface area (Å²) in [4.78, 5) is 0. The minimum Gasteiger partial charge on any atom is -0.409 e. The van der Waals surface area contributed by atoms with E-state index < -0.39 is 0 Å². The number of oxime groups is 1. The van der Waals surface area contributed by atoms with Gasteiger partial charge in [-0.3, -0.25) is 5.21 Å². The van der Waals surface area contributed by atoms with E-state index in [4.69, 9.17) is 27.7 Å². The number of hydrogen-bond acceptors (Lipinski definition) is 6. The Labute approximate surface area is 79.9 Å². The average Bonchev–Trinajstić information content (AvgIpc) is 2.15. The van der Waals surface area contributed by atoms with E-state index in [0.29, 0.717) is 10.7 Å². The summed E-state index contributed by atoms with van der Waals surface area (Å²) < 4.78 is 0. The van der Waals surface area contributed by atoms with Gasteiger partial charge in [-0.15, -0.1) is 0 Å². The Hall–Kier alpha value is -1.99. The molecule has 14 heavy (non-hydrogen) atoms. The fourth-order valence-corrected chi connectivity index (χ4v) is 0.980. The van der Waals surface area contributed by atoms with Gasteiger partial charge in [-0.05, 0) is 18.2 Å². The first-order valence-electron chi connectivity index (χ1n) is 3.67. The van der Waals surface area contributed by atoms with Crippen LogP contribution in [-0.4, -0.2) is 16.3 Å². The summed E-state index contributed by atoms with van der Waals surface area (Å²) in [5, 5.41) is 20.5. The van der Waals surface area contributed by atoms with Crippen LogP contribution in [0.1, 0.15) is 5.56 Å². The molecule has 7 nitrogen and oxygen atoms in total. The number of benzene rings is 1. The number of nitrogen functional groups attached to an aromatic ring is 1. The highest BCUT2D eigenvalue weighted by Crippen LogP contribution is 2.20. The Morgan fingerprint density at radius 2 is 2.07 bits per heavy atom. The molecule has 76 valence electrons. The lowest BCUT2D eigenvalue weighted by molar-refractivity contribution is 0.258. The predicted molar refractivity (Wildman–Crippen MR) is 51.8 cm³/mol. The van der Waals surface area contributed by atoms with Crippen LogP contribution < -0.4 is 22.5 Å². The first-order chi connectivity index (χ1) is 6.56. The zero-order valence-electron chi connectivity index (χ0n) is 7.25. The fraction of sp³-hybridized carbons (Fsp3) is 0. The molecule has 0 spiro atoms. The third-order valence-corrected chi connectivity index (χ3v) is 1.68. The van der Waals surface area contributed by atoms with Gasteiger partial charge < -0.3 is 16.7 Å². The summed E-state index contributed by atoms with van der Waals surface area (Å²) in [5.41, 5.74) is 11.8. The number of anilines is 2. The van der Waals surface area contributed by atoms with Crippen LogP contribution >= 0.6 is 0 Å². The van der Waals surface area contributed by atoms with Gasteiger partial charge in [0.05, 0.1) is 5.69 Å². The Morgan fingerprint density at radius 1 is 1.43 bits per heavy atom. The molecule has 7 heteroatoms. The maximum atomic E-state index is 8.91. The van der Waals surface area contributed by atoms with Gasteiger partial charge >= 0.3 is 0 Å². The van der Waals surface area contributed by atoms with Crippen molar-refractivity contribution < 1.29 is 10.4 Å². The monoisotopic (exact) mass is 197 g/mol. The Morgan fingerprint density at radius 3 is 2.50 bits per heavy atom. The second-order valence-corrected chi connectivity index (χ2v) is 2.60. The van der Waals surface area contributed by atoms with Crippen LogP contribution in [0, 0.1) is 0 Å².